The molecule has 0 atom stereocenters. The lowest BCUT2D eigenvalue weighted by atomic mass is 10.2. The molecule has 1 aromatic heterocycles. The van der Waals surface area contributed by atoms with Crippen LogP contribution in [0.2, 0.25) is 15.1 Å². The minimum Gasteiger partial charge on any atom is -0.507 e. The van der Waals surface area contributed by atoms with E-state index in [-0.39, 0.29) is 27.5 Å². The number of para-hydroxylation sites is 1. The summed E-state index contributed by atoms with van der Waals surface area (Å²) in [7, 11) is 0. The van der Waals surface area contributed by atoms with Crippen molar-refractivity contribution in [2.45, 2.75) is 11.7 Å². The van der Waals surface area contributed by atoms with Gasteiger partial charge in [0.15, 0.2) is 11.0 Å². The van der Waals surface area contributed by atoms with E-state index in [1.807, 2.05) is 0 Å². The standard InChI is InChI=1S/C19H15Cl3N4O2S/c1-2-7-26-18(11-5-3-4-6-16(11)27)24-25-19(26)29-10-17(28)23-15-9-13(21)12(20)8-14(15)22/h2-6,8-9,27H,1,7,10H2,(H,23,28). The van der Waals surface area contributed by atoms with Crippen molar-refractivity contribution in [2.24, 2.45) is 0 Å². The van der Waals surface area contributed by atoms with Crippen molar-refractivity contribution in [1.82, 2.24) is 14.8 Å². The number of carbonyl (C=O) groups excluding carboxylic acids is 1. The average molecular weight is 470 g/mol. The highest BCUT2D eigenvalue weighted by molar-refractivity contribution is 7.99. The lowest BCUT2D eigenvalue weighted by Crippen LogP contribution is -2.15. The minimum absolute atomic E-state index is 0.0621. The SMILES string of the molecule is C=CCn1c(SCC(=O)Nc2cc(Cl)c(Cl)cc2Cl)nnc1-c1ccccc1O. The summed E-state index contributed by atoms with van der Waals surface area (Å²) in [6, 6.07) is 9.79. The summed E-state index contributed by atoms with van der Waals surface area (Å²) >= 11 is 19.2. The maximum atomic E-state index is 12.4. The smallest absolute Gasteiger partial charge is 0.234 e. The molecule has 2 aromatic carbocycles. The van der Waals surface area contributed by atoms with Gasteiger partial charge in [-0.25, -0.2) is 0 Å². The van der Waals surface area contributed by atoms with E-state index in [1.54, 1.807) is 34.9 Å². The van der Waals surface area contributed by atoms with Crippen LogP contribution in [0, 0.1) is 0 Å². The van der Waals surface area contributed by atoms with Crippen LogP contribution in [-0.2, 0) is 11.3 Å². The van der Waals surface area contributed by atoms with Crippen LogP contribution in [-0.4, -0.2) is 31.5 Å². The molecule has 0 unspecified atom stereocenters. The Balaban J connectivity index is 1.75. The first-order valence-corrected chi connectivity index (χ1v) is 10.4. The molecule has 0 saturated heterocycles. The molecule has 0 fully saturated rings. The number of allylic oxidation sites excluding steroid dienone is 1. The van der Waals surface area contributed by atoms with Crippen LogP contribution in [0.4, 0.5) is 5.69 Å². The molecule has 0 aliphatic rings. The zero-order chi connectivity index (χ0) is 21.0. The number of nitrogens with one attached hydrogen (secondary N) is 1. The van der Waals surface area contributed by atoms with Crippen LogP contribution in [0.3, 0.4) is 0 Å². The number of carbonyl (C=O) groups is 1. The highest BCUT2D eigenvalue weighted by atomic mass is 35.5. The zero-order valence-corrected chi connectivity index (χ0v) is 18.0. The zero-order valence-electron chi connectivity index (χ0n) is 14.9. The van der Waals surface area contributed by atoms with E-state index in [1.165, 1.54) is 23.9 Å². The molecule has 1 heterocycles. The second kappa shape index (κ2) is 9.54. The summed E-state index contributed by atoms with van der Waals surface area (Å²) in [6.45, 7) is 4.16. The van der Waals surface area contributed by atoms with Gasteiger partial charge in [-0.3, -0.25) is 9.36 Å². The minimum atomic E-state index is -0.299. The van der Waals surface area contributed by atoms with E-state index >= 15 is 0 Å². The molecule has 2 N–H and O–H groups in total. The Morgan fingerprint density at radius 1 is 1.17 bits per heavy atom. The van der Waals surface area contributed by atoms with Crippen molar-refractivity contribution in [3.63, 3.8) is 0 Å². The number of thioether (sulfide) groups is 1. The molecule has 0 aliphatic carbocycles. The third-order valence-corrected chi connectivity index (χ3v) is 5.79. The number of hydrogen-bond acceptors (Lipinski definition) is 5. The maximum absolute atomic E-state index is 12.4. The van der Waals surface area contributed by atoms with Crippen LogP contribution >= 0.6 is 46.6 Å². The Labute approximate surface area is 186 Å². The highest BCUT2D eigenvalue weighted by Crippen LogP contribution is 2.33. The summed E-state index contributed by atoms with van der Waals surface area (Å²) in [4.78, 5) is 12.4. The number of aromatic hydroxyl groups is 1. The molecule has 10 heteroatoms. The lowest BCUT2D eigenvalue weighted by molar-refractivity contribution is -0.113. The van der Waals surface area contributed by atoms with Crippen LogP contribution < -0.4 is 5.32 Å². The molecule has 6 nitrogen and oxygen atoms in total. The van der Waals surface area contributed by atoms with Gasteiger partial charge in [-0.15, -0.1) is 16.8 Å². The number of benzene rings is 2. The fourth-order valence-corrected chi connectivity index (χ4v) is 3.83. The predicted molar refractivity (Wildman–Crippen MR) is 118 cm³/mol. The number of phenolic OH excluding ortho intramolecular Hbond substituents is 1. The lowest BCUT2D eigenvalue weighted by Gasteiger charge is -2.10. The van der Waals surface area contributed by atoms with Gasteiger partial charge in [0.1, 0.15) is 5.75 Å². The van der Waals surface area contributed by atoms with Gasteiger partial charge in [-0.05, 0) is 24.3 Å². The Morgan fingerprint density at radius 3 is 2.62 bits per heavy atom. The van der Waals surface area contributed by atoms with Crippen molar-refractivity contribution in [2.75, 3.05) is 11.1 Å². The van der Waals surface area contributed by atoms with Crippen molar-refractivity contribution < 1.29 is 9.90 Å². The first kappa shape index (κ1) is 21.5. The number of halogens is 3. The molecule has 0 saturated carbocycles. The van der Waals surface area contributed by atoms with Gasteiger partial charge in [0.2, 0.25) is 5.91 Å². The first-order valence-electron chi connectivity index (χ1n) is 8.30. The van der Waals surface area contributed by atoms with Crippen molar-refractivity contribution >= 4 is 58.2 Å². The van der Waals surface area contributed by atoms with E-state index in [0.29, 0.717) is 33.8 Å². The number of hydrogen-bond donors (Lipinski definition) is 2. The normalized spacial score (nSPS) is 10.7. The molecule has 0 aliphatic heterocycles. The third-order valence-electron chi connectivity index (χ3n) is 3.79. The van der Waals surface area contributed by atoms with E-state index in [2.05, 4.69) is 22.1 Å². The molecule has 1 amide bonds. The van der Waals surface area contributed by atoms with E-state index < -0.39 is 0 Å². The van der Waals surface area contributed by atoms with Crippen LogP contribution in [0.25, 0.3) is 11.4 Å². The fraction of sp³-hybridized carbons (Fsp3) is 0.105. The van der Waals surface area contributed by atoms with Gasteiger partial charge < -0.3 is 10.4 Å². The molecule has 0 spiro atoms. The number of rotatable bonds is 7. The number of amides is 1. The number of anilines is 1. The van der Waals surface area contributed by atoms with Crippen LogP contribution in [0.15, 0.2) is 54.2 Å². The second-order valence-corrected chi connectivity index (χ2v) is 7.97. The molecule has 0 radical (unpaired) electrons. The number of aromatic nitrogens is 3. The first-order chi connectivity index (χ1) is 13.9. The maximum Gasteiger partial charge on any atom is 0.234 e. The van der Waals surface area contributed by atoms with Crippen molar-refractivity contribution in [1.29, 1.82) is 0 Å². The Kier molecular flexibility index (Phi) is 7.08. The Hall–Kier alpha value is -2.19. The van der Waals surface area contributed by atoms with E-state index in [0.717, 1.165) is 0 Å². The largest absolute Gasteiger partial charge is 0.507 e. The fourth-order valence-electron chi connectivity index (χ4n) is 2.49. The Morgan fingerprint density at radius 2 is 1.90 bits per heavy atom. The van der Waals surface area contributed by atoms with Gasteiger partial charge in [-0.2, -0.15) is 0 Å². The summed E-state index contributed by atoms with van der Waals surface area (Å²) in [5, 5.41) is 22.5. The summed E-state index contributed by atoms with van der Waals surface area (Å²) < 4.78 is 1.77. The monoisotopic (exact) mass is 468 g/mol. The van der Waals surface area contributed by atoms with Gasteiger partial charge in [0, 0.05) is 6.54 Å². The molecule has 3 rings (SSSR count). The van der Waals surface area contributed by atoms with Gasteiger partial charge in [0.05, 0.1) is 32.1 Å². The van der Waals surface area contributed by atoms with Gasteiger partial charge in [-0.1, -0.05) is 64.8 Å². The molecular weight excluding hydrogens is 455 g/mol. The molecule has 0 bridgehead atoms. The average Bonchev–Trinajstić information content (AvgIpc) is 3.07. The molecular formula is C19H15Cl3N4O2S. The molecule has 150 valence electrons. The van der Waals surface area contributed by atoms with Crippen LogP contribution in [0.1, 0.15) is 0 Å². The topological polar surface area (TPSA) is 80.0 Å². The molecule has 3 aromatic rings. The number of nitrogens with zero attached hydrogens (tertiary/aromatic N) is 3. The quantitative estimate of drug-likeness (QED) is 0.270. The van der Waals surface area contributed by atoms with E-state index in [4.69, 9.17) is 34.8 Å². The number of phenols is 1. The summed E-state index contributed by atoms with van der Waals surface area (Å²) in [6.07, 6.45) is 1.69. The van der Waals surface area contributed by atoms with E-state index in [9.17, 15) is 9.90 Å². The predicted octanol–water partition coefficient (Wildman–Crippen LogP) is 5.53. The van der Waals surface area contributed by atoms with Gasteiger partial charge >= 0.3 is 0 Å². The summed E-state index contributed by atoms with van der Waals surface area (Å²) in [5.41, 5.74) is 0.912. The van der Waals surface area contributed by atoms with Crippen molar-refractivity contribution in [3.8, 4) is 17.1 Å². The second-order valence-electron chi connectivity index (χ2n) is 5.81. The summed E-state index contributed by atoms with van der Waals surface area (Å²) in [5.74, 6) is 0.340. The van der Waals surface area contributed by atoms with Crippen LogP contribution in [0.5, 0.6) is 5.75 Å². The van der Waals surface area contributed by atoms with Gasteiger partial charge in [0.25, 0.3) is 0 Å². The Bertz CT molecular complexity index is 1070. The molecule has 29 heavy (non-hydrogen) atoms. The van der Waals surface area contributed by atoms with Crippen molar-refractivity contribution in [3.05, 3.63) is 64.1 Å². The highest BCUT2D eigenvalue weighted by Gasteiger charge is 2.17. The third kappa shape index (κ3) is 5.05.